The first-order chi connectivity index (χ1) is 8.19. The van der Waals surface area contributed by atoms with Crippen LogP contribution in [-0.4, -0.2) is 12.1 Å². The molecule has 1 N–H and O–H groups in total. The summed E-state index contributed by atoms with van der Waals surface area (Å²) >= 11 is 8.51. The average molecular weight is 378 g/mol. The lowest BCUT2D eigenvalue weighted by atomic mass is 10.4. The van der Waals surface area contributed by atoms with E-state index in [1.807, 2.05) is 6.07 Å². The minimum Gasteiger partial charge on any atom is -0.495 e. The summed E-state index contributed by atoms with van der Waals surface area (Å²) in [6.45, 7) is 0.758. The summed E-state index contributed by atoms with van der Waals surface area (Å²) in [5, 5.41) is 5.32. The third kappa shape index (κ3) is 3.43. The quantitative estimate of drug-likeness (QED) is 0.862. The third-order valence-electron chi connectivity index (χ3n) is 2.11. The molecular weight excluding hydrogens is 368 g/mol. The molecule has 3 nitrogen and oxygen atoms in total. The number of rotatable bonds is 4. The van der Waals surface area contributed by atoms with Crippen molar-refractivity contribution in [3.05, 3.63) is 37.5 Å². The summed E-state index contributed by atoms with van der Waals surface area (Å²) < 4.78 is 7.17. The number of nitrogens with one attached hydrogen (secondary N) is 1. The van der Waals surface area contributed by atoms with Gasteiger partial charge in [0.1, 0.15) is 11.6 Å². The zero-order valence-corrected chi connectivity index (χ0v) is 13.0. The first kappa shape index (κ1) is 12.9. The summed E-state index contributed by atoms with van der Waals surface area (Å²) in [5.41, 5.74) is 0. The number of methoxy groups -OCH3 is 1. The summed E-state index contributed by atoms with van der Waals surface area (Å²) in [6.07, 6.45) is 1.73. The van der Waals surface area contributed by atoms with Crippen LogP contribution in [0, 0.1) is 0 Å². The van der Waals surface area contributed by atoms with Gasteiger partial charge in [-0.15, -0.1) is 11.3 Å². The molecule has 0 atom stereocenters. The smallest absolute Gasteiger partial charge is 0.138 e. The second-order valence-electron chi connectivity index (χ2n) is 3.29. The molecule has 0 aliphatic carbocycles. The Bertz CT molecular complexity index is 516. The molecule has 0 spiro atoms. The van der Waals surface area contributed by atoms with E-state index < -0.39 is 0 Å². The van der Waals surface area contributed by atoms with Gasteiger partial charge in [-0.2, -0.15) is 0 Å². The van der Waals surface area contributed by atoms with E-state index in [2.05, 4.69) is 53.6 Å². The fourth-order valence-corrected chi connectivity index (χ4v) is 3.07. The molecule has 90 valence electrons. The number of thiophene rings is 1. The molecule has 6 heteroatoms. The van der Waals surface area contributed by atoms with Gasteiger partial charge < -0.3 is 10.1 Å². The van der Waals surface area contributed by atoms with Gasteiger partial charge in [-0.1, -0.05) is 0 Å². The second kappa shape index (κ2) is 5.84. The van der Waals surface area contributed by atoms with Crippen LogP contribution in [0.5, 0.6) is 5.75 Å². The van der Waals surface area contributed by atoms with Crippen molar-refractivity contribution in [3.8, 4) is 5.75 Å². The molecule has 0 aromatic carbocycles. The average Bonchev–Trinajstić information content (AvgIpc) is 2.74. The van der Waals surface area contributed by atoms with E-state index in [-0.39, 0.29) is 0 Å². The van der Waals surface area contributed by atoms with Gasteiger partial charge in [0.15, 0.2) is 0 Å². The monoisotopic (exact) mass is 376 g/mol. The van der Waals surface area contributed by atoms with Gasteiger partial charge in [-0.05, 0) is 37.9 Å². The largest absolute Gasteiger partial charge is 0.495 e. The number of halogens is 2. The SMILES string of the molecule is COc1cc(NCc2cc(Br)cs2)ncc1Br. The molecule has 0 aliphatic heterocycles. The van der Waals surface area contributed by atoms with Crippen LogP contribution in [0.2, 0.25) is 0 Å². The van der Waals surface area contributed by atoms with Gasteiger partial charge >= 0.3 is 0 Å². The van der Waals surface area contributed by atoms with Gasteiger partial charge in [0, 0.05) is 27.0 Å². The fraction of sp³-hybridized carbons (Fsp3) is 0.182. The highest BCUT2D eigenvalue weighted by atomic mass is 79.9. The van der Waals surface area contributed by atoms with E-state index in [1.165, 1.54) is 4.88 Å². The maximum atomic E-state index is 5.21. The van der Waals surface area contributed by atoms with Gasteiger partial charge in [0.2, 0.25) is 0 Å². The highest BCUT2D eigenvalue weighted by Crippen LogP contribution is 2.26. The standard InChI is InChI=1S/C11H10Br2N2OS/c1-16-10-3-11(15-5-9(10)13)14-4-8-2-7(12)6-17-8/h2-3,5-6H,4H2,1H3,(H,14,15). The van der Waals surface area contributed by atoms with Crippen LogP contribution in [0.1, 0.15) is 4.88 Å². The topological polar surface area (TPSA) is 34.1 Å². The lowest BCUT2D eigenvalue weighted by Crippen LogP contribution is -2.00. The number of hydrogen-bond donors (Lipinski definition) is 1. The Balaban J connectivity index is 2.04. The van der Waals surface area contributed by atoms with Gasteiger partial charge in [-0.3, -0.25) is 0 Å². The van der Waals surface area contributed by atoms with Crippen molar-refractivity contribution in [2.45, 2.75) is 6.54 Å². The molecule has 2 heterocycles. The van der Waals surface area contributed by atoms with Crippen LogP contribution < -0.4 is 10.1 Å². The number of aromatic nitrogens is 1. The predicted molar refractivity (Wildman–Crippen MR) is 77.8 cm³/mol. The lowest BCUT2D eigenvalue weighted by Gasteiger charge is -2.07. The third-order valence-corrected chi connectivity index (χ3v) is 4.40. The van der Waals surface area contributed by atoms with Crippen LogP contribution in [0.15, 0.2) is 32.7 Å². The summed E-state index contributed by atoms with van der Waals surface area (Å²) in [4.78, 5) is 5.51. The molecule has 0 radical (unpaired) electrons. The van der Waals surface area contributed by atoms with Crippen molar-refractivity contribution >= 4 is 49.0 Å². The predicted octanol–water partition coefficient (Wildman–Crippen LogP) is 4.29. The van der Waals surface area contributed by atoms with E-state index in [9.17, 15) is 0 Å². The number of pyridine rings is 1. The van der Waals surface area contributed by atoms with Crippen molar-refractivity contribution < 1.29 is 4.74 Å². The van der Waals surface area contributed by atoms with Crippen molar-refractivity contribution in [2.24, 2.45) is 0 Å². The van der Waals surface area contributed by atoms with E-state index in [1.54, 1.807) is 24.6 Å². The molecule has 0 saturated carbocycles. The Morgan fingerprint density at radius 2 is 2.24 bits per heavy atom. The highest BCUT2D eigenvalue weighted by Gasteiger charge is 2.03. The van der Waals surface area contributed by atoms with Crippen LogP contribution >= 0.6 is 43.2 Å². The number of nitrogens with zero attached hydrogens (tertiary/aromatic N) is 1. The van der Waals surface area contributed by atoms with Crippen molar-refractivity contribution in [3.63, 3.8) is 0 Å². The van der Waals surface area contributed by atoms with E-state index >= 15 is 0 Å². The fourth-order valence-electron chi connectivity index (χ4n) is 1.30. The van der Waals surface area contributed by atoms with Crippen molar-refractivity contribution in [1.29, 1.82) is 0 Å². The minimum absolute atomic E-state index is 0.758. The minimum atomic E-state index is 0.758. The maximum absolute atomic E-state index is 5.21. The zero-order chi connectivity index (χ0) is 12.3. The summed E-state index contributed by atoms with van der Waals surface area (Å²) in [7, 11) is 1.64. The van der Waals surface area contributed by atoms with Crippen molar-refractivity contribution in [2.75, 3.05) is 12.4 Å². The van der Waals surface area contributed by atoms with Crippen molar-refractivity contribution in [1.82, 2.24) is 4.98 Å². The Morgan fingerprint density at radius 1 is 1.41 bits per heavy atom. The first-order valence-electron chi connectivity index (χ1n) is 4.85. The highest BCUT2D eigenvalue weighted by molar-refractivity contribution is 9.10. The van der Waals surface area contributed by atoms with Crippen LogP contribution in [0.25, 0.3) is 0 Å². The second-order valence-corrected chi connectivity index (χ2v) is 6.05. The number of ether oxygens (including phenoxy) is 1. The summed E-state index contributed by atoms with van der Waals surface area (Å²) in [6, 6.07) is 3.96. The van der Waals surface area contributed by atoms with Gasteiger partial charge in [0.05, 0.1) is 18.1 Å². The molecule has 0 bridgehead atoms. The van der Waals surface area contributed by atoms with E-state index in [4.69, 9.17) is 4.74 Å². The zero-order valence-electron chi connectivity index (χ0n) is 9.04. The Kier molecular flexibility index (Phi) is 4.42. The normalized spacial score (nSPS) is 10.3. The van der Waals surface area contributed by atoms with Gasteiger partial charge in [0.25, 0.3) is 0 Å². The Labute approximate surface area is 120 Å². The molecule has 2 aromatic heterocycles. The Morgan fingerprint density at radius 3 is 2.88 bits per heavy atom. The summed E-state index contributed by atoms with van der Waals surface area (Å²) in [5.74, 6) is 1.57. The number of anilines is 1. The van der Waals surface area contributed by atoms with Gasteiger partial charge in [-0.25, -0.2) is 4.98 Å². The Hall–Kier alpha value is -0.590. The molecule has 0 unspecified atom stereocenters. The van der Waals surface area contributed by atoms with Crippen LogP contribution in [-0.2, 0) is 6.54 Å². The van der Waals surface area contributed by atoms with Crippen LogP contribution in [0.3, 0.4) is 0 Å². The lowest BCUT2D eigenvalue weighted by molar-refractivity contribution is 0.412. The molecule has 17 heavy (non-hydrogen) atoms. The number of hydrogen-bond acceptors (Lipinski definition) is 4. The molecule has 2 rings (SSSR count). The molecule has 0 fully saturated rings. The maximum Gasteiger partial charge on any atom is 0.138 e. The van der Waals surface area contributed by atoms with E-state index in [0.717, 1.165) is 27.1 Å². The molecule has 0 amide bonds. The first-order valence-corrected chi connectivity index (χ1v) is 7.32. The molecule has 0 saturated heterocycles. The van der Waals surface area contributed by atoms with E-state index in [0.29, 0.717) is 0 Å². The molecule has 0 aliphatic rings. The molecule has 2 aromatic rings. The molecular formula is C11H10Br2N2OS. The van der Waals surface area contributed by atoms with Crippen LogP contribution in [0.4, 0.5) is 5.82 Å².